The molecule has 0 aliphatic carbocycles. The van der Waals surface area contributed by atoms with Crippen LogP contribution in [0.4, 0.5) is 8.78 Å². The maximum absolute atomic E-state index is 13.2. The highest BCUT2D eigenvalue weighted by Gasteiger charge is 2.40. The van der Waals surface area contributed by atoms with E-state index >= 15 is 0 Å². The van der Waals surface area contributed by atoms with Crippen molar-refractivity contribution in [2.45, 2.75) is 12.5 Å². The van der Waals surface area contributed by atoms with Crippen LogP contribution in [0.15, 0.2) is 12.1 Å². The number of fused-ring (bicyclic) bond motifs is 1. The van der Waals surface area contributed by atoms with Crippen LogP contribution in [0, 0.1) is 11.6 Å². The molecule has 0 saturated carbocycles. The second-order valence-electron chi connectivity index (χ2n) is 4.41. The summed E-state index contributed by atoms with van der Waals surface area (Å²) in [5, 5.41) is 8.98. The predicted molar refractivity (Wildman–Crippen MR) is 64.2 cm³/mol. The van der Waals surface area contributed by atoms with Gasteiger partial charge in [0.2, 0.25) is 0 Å². The van der Waals surface area contributed by atoms with Crippen LogP contribution >= 0.6 is 0 Å². The molecule has 1 heterocycles. The Morgan fingerprint density at radius 1 is 1.20 bits per heavy atom. The normalized spacial score (nSPS) is 15.7. The zero-order chi connectivity index (χ0) is 14.9. The molecule has 108 valence electrons. The number of benzene rings is 1. The molecule has 1 aliphatic rings. The van der Waals surface area contributed by atoms with Gasteiger partial charge in [-0.25, -0.2) is 8.78 Å². The lowest BCUT2D eigenvalue weighted by Gasteiger charge is -2.24. The number of aliphatic hydroxyl groups excluding tert-OH is 1. The molecule has 1 unspecified atom stereocenters. The number of methoxy groups -OCH3 is 1. The summed E-state index contributed by atoms with van der Waals surface area (Å²) in [6.45, 7) is -0.207. The third-order valence-corrected chi connectivity index (χ3v) is 3.15. The van der Waals surface area contributed by atoms with Crippen LogP contribution in [0.2, 0.25) is 0 Å². The molecule has 1 aromatic rings. The van der Waals surface area contributed by atoms with Crippen molar-refractivity contribution in [3.05, 3.63) is 34.9 Å². The monoisotopic (exact) mass is 285 g/mol. The molecule has 1 atom stereocenters. The van der Waals surface area contributed by atoms with E-state index in [4.69, 9.17) is 9.84 Å². The quantitative estimate of drug-likeness (QED) is 0.818. The minimum atomic E-state index is -1.18. The summed E-state index contributed by atoms with van der Waals surface area (Å²) in [5.41, 5.74) is -0.346. The van der Waals surface area contributed by atoms with Gasteiger partial charge >= 0.3 is 0 Å². The Kier molecular flexibility index (Phi) is 4.10. The Morgan fingerprint density at radius 2 is 1.70 bits per heavy atom. The van der Waals surface area contributed by atoms with Gasteiger partial charge in [0.25, 0.3) is 11.8 Å². The first kappa shape index (κ1) is 14.5. The summed E-state index contributed by atoms with van der Waals surface area (Å²) in [7, 11) is 1.39. The van der Waals surface area contributed by atoms with Gasteiger partial charge in [-0.2, -0.15) is 0 Å². The average Bonchev–Trinajstić information content (AvgIpc) is 2.63. The van der Waals surface area contributed by atoms with Crippen molar-refractivity contribution in [3.8, 4) is 0 Å². The zero-order valence-electron chi connectivity index (χ0n) is 10.7. The molecule has 1 aromatic carbocycles. The summed E-state index contributed by atoms with van der Waals surface area (Å²) in [4.78, 5) is 25.2. The summed E-state index contributed by atoms with van der Waals surface area (Å²) in [6, 6.07) is 0.755. The predicted octanol–water partition coefficient (Wildman–Crippen LogP) is 0.958. The van der Waals surface area contributed by atoms with Crippen LogP contribution in [0.25, 0.3) is 0 Å². The topological polar surface area (TPSA) is 66.8 Å². The van der Waals surface area contributed by atoms with Gasteiger partial charge in [0, 0.05) is 13.7 Å². The number of nitrogens with zero attached hydrogens (tertiary/aromatic N) is 1. The largest absolute Gasteiger partial charge is 0.396 e. The van der Waals surface area contributed by atoms with Gasteiger partial charge in [-0.3, -0.25) is 14.5 Å². The van der Waals surface area contributed by atoms with E-state index in [1.165, 1.54) is 7.11 Å². The third-order valence-electron chi connectivity index (χ3n) is 3.15. The van der Waals surface area contributed by atoms with Crippen LogP contribution < -0.4 is 0 Å². The Morgan fingerprint density at radius 3 is 2.10 bits per heavy atom. The minimum absolute atomic E-state index is 0.0387. The second-order valence-corrected chi connectivity index (χ2v) is 4.41. The van der Waals surface area contributed by atoms with E-state index in [2.05, 4.69) is 0 Å². The molecule has 1 N–H and O–H groups in total. The number of carbonyl (C=O) groups excluding carboxylic acids is 2. The van der Waals surface area contributed by atoms with E-state index in [9.17, 15) is 18.4 Å². The van der Waals surface area contributed by atoms with E-state index in [0.717, 1.165) is 4.90 Å². The number of rotatable bonds is 5. The van der Waals surface area contributed by atoms with Gasteiger partial charge in [-0.05, 0) is 18.6 Å². The van der Waals surface area contributed by atoms with Crippen LogP contribution in [0.3, 0.4) is 0 Å². The number of hydrogen-bond acceptors (Lipinski definition) is 4. The van der Waals surface area contributed by atoms with Crippen molar-refractivity contribution >= 4 is 11.8 Å². The molecule has 1 aliphatic heterocycles. The SMILES string of the molecule is COCC(CCO)N1C(=O)c2cc(F)c(F)cc2C1=O. The molecule has 2 amide bonds. The van der Waals surface area contributed by atoms with Crippen molar-refractivity contribution < 1.29 is 28.2 Å². The second kappa shape index (κ2) is 5.64. The smallest absolute Gasteiger partial charge is 0.262 e. The number of carbonyl (C=O) groups is 2. The molecule has 0 saturated heterocycles. The summed E-state index contributed by atoms with van der Waals surface area (Å²) in [6.07, 6.45) is 0.129. The van der Waals surface area contributed by atoms with Crippen molar-refractivity contribution in [1.82, 2.24) is 4.90 Å². The van der Waals surface area contributed by atoms with E-state index < -0.39 is 29.5 Å². The maximum atomic E-state index is 13.2. The highest BCUT2D eigenvalue weighted by Crippen LogP contribution is 2.27. The molecular formula is C13H13F2NO4. The zero-order valence-corrected chi connectivity index (χ0v) is 10.7. The molecule has 2 rings (SSSR count). The maximum Gasteiger partial charge on any atom is 0.262 e. The summed E-state index contributed by atoms with van der Waals surface area (Å²) in [5.74, 6) is -3.78. The molecule has 0 bridgehead atoms. The Hall–Kier alpha value is -1.86. The lowest BCUT2D eigenvalue weighted by Crippen LogP contribution is -2.43. The lowest BCUT2D eigenvalue weighted by atomic mass is 10.1. The standard InChI is InChI=1S/C13H13F2NO4/c1-20-6-7(2-3-17)16-12(18)8-4-10(14)11(15)5-9(8)13(16)19/h4-5,7,17H,2-3,6H2,1H3. The number of halogens is 2. The summed E-state index contributed by atoms with van der Waals surface area (Å²) >= 11 is 0. The van der Waals surface area contributed by atoms with Crippen molar-refractivity contribution in [2.75, 3.05) is 20.3 Å². The van der Waals surface area contributed by atoms with Crippen molar-refractivity contribution in [2.24, 2.45) is 0 Å². The molecule has 7 heteroatoms. The fraction of sp³-hybridized carbons (Fsp3) is 0.385. The van der Waals surface area contributed by atoms with Gasteiger partial charge in [0.1, 0.15) is 0 Å². The summed E-state index contributed by atoms with van der Waals surface area (Å²) < 4.78 is 31.3. The van der Waals surface area contributed by atoms with Crippen LogP contribution in [0.5, 0.6) is 0 Å². The third kappa shape index (κ3) is 2.30. The number of hydrogen-bond donors (Lipinski definition) is 1. The molecule has 0 spiro atoms. The molecule has 0 radical (unpaired) electrons. The first-order chi connectivity index (χ1) is 9.51. The van der Waals surface area contributed by atoms with E-state index in [-0.39, 0.29) is 30.8 Å². The Labute approximate surface area is 113 Å². The molecule has 0 fully saturated rings. The number of aliphatic hydroxyl groups is 1. The number of ether oxygens (including phenoxy) is 1. The van der Waals surface area contributed by atoms with Gasteiger partial charge in [-0.15, -0.1) is 0 Å². The highest BCUT2D eigenvalue weighted by atomic mass is 19.2. The molecule has 5 nitrogen and oxygen atoms in total. The molecule has 0 aromatic heterocycles. The first-order valence-corrected chi connectivity index (χ1v) is 5.98. The Bertz CT molecular complexity index is 515. The van der Waals surface area contributed by atoms with Gasteiger partial charge in [0.15, 0.2) is 11.6 Å². The van der Waals surface area contributed by atoms with E-state index in [1.807, 2.05) is 0 Å². The highest BCUT2D eigenvalue weighted by molar-refractivity contribution is 6.21. The van der Waals surface area contributed by atoms with Crippen molar-refractivity contribution in [1.29, 1.82) is 0 Å². The fourth-order valence-electron chi connectivity index (χ4n) is 2.21. The molecule has 20 heavy (non-hydrogen) atoms. The molecular weight excluding hydrogens is 272 g/mol. The van der Waals surface area contributed by atoms with Crippen LogP contribution in [-0.4, -0.2) is 48.2 Å². The van der Waals surface area contributed by atoms with Crippen LogP contribution in [0.1, 0.15) is 27.1 Å². The van der Waals surface area contributed by atoms with Gasteiger partial charge in [0.05, 0.1) is 23.8 Å². The number of amides is 2. The minimum Gasteiger partial charge on any atom is -0.396 e. The van der Waals surface area contributed by atoms with Gasteiger partial charge in [-0.1, -0.05) is 0 Å². The Balaban J connectivity index is 2.40. The first-order valence-electron chi connectivity index (χ1n) is 5.98. The fourth-order valence-corrected chi connectivity index (χ4v) is 2.21. The van der Waals surface area contributed by atoms with Crippen molar-refractivity contribution in [3.63, 3.8) is 0 Å². The van der Waals surface area contributed by atoms with Crippen LogP contribution in [-0.2, 0) is 4.74 Å². The number of imide groups is 1. The lowest BCUT2D eigenvalue weighted by molar-refractivity contribution is 0.0431. The van der Waals surface area contributed by atoms with E-state index in [1.54, 1.807) is 0 Å². The van der Waals surface area contributed by atoms with E-state index in [0.29, 0.717) is 12.1 Å². The average molecular weight is 285 g/mol. The van der Waals surface area contributed by atoms with Gasteiger partial charge < -0.3 is 9.84 Å².